The highest BCUT2D eigenvalue weighted by Gasteiger charge is 2.56. The molecule has 6 rings (SSSR count). The Kier molecular flexibility index (Phi) is 6.10. The molecule has 15 heteroatoms. The molecule has 5 heterocycles. The number of hydrogen-bond donors (Lipinski definition) is 1. The number of nitrogens with zero attached hydrogens (tertiary/aromatic N) is 6. The van der Waals surface area contributed by atoms with Crippen LogP contribution in [0.5, 0.6) is 0 Å². The van der Waals surface area contributed by atoms with Crippen LogP contribution in [0.4, 0.5) is 18.0 Å². The first-order valence-electron chi connectivity index (χ1n) is 11.6. The first-order valence-corrected chi connectivity index (χ1v) is 12.9. The summed E-state index contributed by atoms with van der Waals surface area (Å²) in [5.41, 5.74) is 0.474. The zero-order valence-electron chi connectivity index (χ0n) is 19.8. The Labute approximate surface area is 227 Å². The number of alkyl halides is 2. The van der Waals surface area contributed by atoms with Gasteiger partial charge in [-0.05, 0) is 18.2 Å². The monoisotopic (exact) mass is 578 g/mol. The molecule has 1 spiro atoms. The topological polar surface area (TPSA) is 113 Å². The average molecular weight is 579 g/mol. The van der Waals surface area contributed by atoms with Crippen LogP contribution in [0.3, 0.4) is 0 Å². The summed E-state index contributed by atoms with van der Waals surface area (Å²) in [6, 6.07) is 4.34. The number of amidine groups is 1. The number of thiazole rings is 1. The van der Waals surface area contributed by atoms with Gasteiger partial charge in [0.1, 0.15) is 30.5 Å². The minimum absolute atomic E-state index is 0.0710. The summed E-state index contributed by atoms with van der Waals surface area (Å²) in [5.74, 6) is -1.37. The Morgan fingerprint density at radius 3 is 2.82 bits per heavy atom. The van der Waals surface area contributed by atoms with E-state index in [9.17, 15) is 27.9 Å². The summed E-state index contributed by atoms with van der Waals surface area (Å²) in [6.07, 6.45) is 2.07. The molecule has 3 aliphatic heterocycles. The molecule has 39 heavy (non-hydrogen) atoms. The minimum Gasteiger partial charge on any atom is -0.480 e. The number of fused-ring (bicyclic) bond motifs is 1. The molecule has 0 saturated carbocycles. The van der Waals surface area contributed by atoms with Crippen molar-refractivity contribution in [2.24, 2.45) is 4.99 Å². The summed E-state index contributed by atoms with van der Waals surface area (Å²) >= 11 is 7.77. The van der Waals surface area contributed by atoms with Crippen molar-refractivity contribution in [2.45, 2.75) is 24.6 Å². The summed E-state index contributed by atoms with van der Waals surface area (Å²) in [5, 5.41) is 15.9. The lowest BCUT2D eigenvalue weighted by atomic mass is 9.90. The Morgan fingerprint density at radius 2 is 2.15 bits per heavy atom. The molecule has 2 saturated heterocycles. The highest BCUT2D eigenvalue weighted by Crippen LogP contribution is 2.50. The maximum Gasteiger partial charge on any atom is 0.411 e. The molecule has 1 N–H and O–H groups in total. The van der Waals surface area contributed by atoms with Gasteiger partial charge in [0.2, 0.25) is 0 Å². The maximum absolute atomic E-state index is 14.0. The molecule has 202 valence electrons. The molecule has 0 radical (unpaired) electrons. The second-order valence-corrected chi connectivity index (χ2v) is 10.5. The fraction of sp³-hybridized carbons (Fsp3) is 0.292. The molecule has 3 aliphatic rings. The Bertz CT molecular complexity index is 1540. The number of cyclic esters (lactones) is 1. The van der Waals surface area contributed by atoms with Crippen LogP contribution in [0.25, 0.3) is 5.57 Å². The molecule has 2 atom stereocenters. The molecule has 10 nitrogen and oxygen atoms in total. The molecule has 2 fully saturated rings. The normalized spacial score (nSPS) is 22.6. The molecule has 1 aromatic carbocycles. The van der Waals surface area contributed by atoms with Gasteiger partial charge in [-0.25, -0.2) is 18.9 Å². The first-order chi connectivity index (χ1) is 18.7. The lowest BCUT2D eigenvalue weighted by Crippen LogP contribution is -2.51. The van der Waals surface area contributed by atoms with Gasteiger partial charge < -0.3 is 14.7 Å². The van der Waals surface area contributed by atoms with E-state index in [0.717, 1.165) is 17.2 Å². The molecule has 0 unspecified atom stereocenters. The summed E-state index contributed by atoms with van der Waals surface area (Å²) in [6.45, 7) is -3.46. The average Bonchev–Trinajstić information content (AvgIpc) is 3.68. The van der Waals surface area contributed by atoms with Crippen molar-refractivity contribution < 1.29 is 32.6 Å². The van der Waals surface area contributed by atoms with Gasteiger partial charge >= 0.3 is 18.6 Å². The van der Waals surface area contributed by atoms with E-state index in [4.69, 9.17) is 21.3 Å². The van der Waals surface area contributed by atoms with Crippen LogP contribution in [0.2, 0.25) is 5.02 Å². The van der Waals surface area contributed by atoms with Gasteiger partial charge in [0.05, 0.1) is 12.2 Å². The number of carboxylic acid groups (broad SMARTS) is 1. The Hall–Kier alpha value is -3.91. The van der Waals surface area contributed by atoms with Crippen LogP contribution in [-0.4, -0.2) is 72.8 Å². The standard InChI is InChI=1S/C24H18ClF3N6O4S/c25-14-7-12(26)1-2-13(14)19-18(15-3-5-34(31-15)22(27)28)16-8-24(11-38-23(37)33(24)9-17(35)36)10-32(16)20(30-19)21-29-4-6-39-21/h1-7,19,22H,8-11H2,(H,35,36)/t19-,24+/m0/s1. The fourth-order valence-electron chi connectivity index (χ4n) is 5.23. The van der Waals surface area contributed by atoms with E-state index in [-0.39, 0.29) is 30.3 Å². The fourth-order valence-corrected chi connectivity index (χ4v) is 6.14. The molecular weight excluding hydrogens is 561 g/mol. The van der Waals surface area contributed by atoms with E-state index in [1.54, 1.807) is 16.5 Å². The van der Waals surface area contributed by atoms with Crippen molar-refractivity contribution >= 4 is 46.4 Å². The number of benzene rings is 1. The minimum atomic E-state index is -2.90. The number of halogens is 4. The third-order valence-corrected chi connectivity index (χ3v) is 7.98. The quantitative estimate of drug-likeness (QED) is 0.461. The van der Waals surface area contributed by atoms with Crippen molar-refractivity contribution in [3.05, 3.63) is 74.8 Å². The molecule has 3 aromatic rings. The van der Waals surface area contributed by atoms with Crippen LogP contribution < -0.4 is 0 Å². The van der Waals surface area contributed by atoms with E-state index in [1.165, 1.54) is 29.5 Å². The van der Waals surface area contributed by atoms with E-state index < -0.39 is 42.6 Å². The number of hydrogen-bond acceptors (Lipinski definition) is 8. The number of carbonyl (C=O) groups is 2. The van der Waals surface area contributed by atoms with Crippen molar-refractivity contribution in [3.8, 4) is 0 Å². The third kappa shape index (κ3) is 4.23. The largest absolute Gasteiger partial charge is 0.480 e. The zero-order valence-corrected chi connectivity index (χ0v) is 21.4. The van der Waals surface area contributed by atoms with Gasteiger partial charge in [-0.15, -0.1) is 11.3 Å². The van der Waals surface area contributed by atoms with Gasteiger partial charge in [-0.1, -0.05) is 17.7 Å². The molecule has 0 bridgehead atoms. The van der Waals surface area contributed by atoms with E-state index in [0.29, 0.717) is 32.4 Å². The lowest BCUT2D eigenvalue weighted by molar-refractivity contribution is -0.138. The number of carboxylic acids is 1. The Morgan fingerprint density at radius 1 is 1.33 bits per heavy atom. The molecule has 1 amide bonds. The zero-order chi connectivity index (χ0) is 27.5. The van der Waals surface area contributed by atoms with Gasteiger partial charge in [0, 0.05) is 46.1 Å². The van der Waals surface area contributed by atoms with E-state index >= 15 is 0 Å². The molecule has 2 aromatic heterocycles. The number of rotatable bonds is 6. The Balaban J connectivity index is 1.58. The van der Waals surface area contributed by atoms with Crippen molar-refractivity contribution in [2.75, 3.05) is 19.7 Å². The smallest absolute Gasteiger partial charge is 0.411 e. The van der Waals surface area contributed by atoms with Crippen LogP contribution in [0, 0.1) is 5.82 Å². The lowest BCUT2D eigenvalue weighted by Gasteiger charge is -2.33. The van der Waals surface area contributed by atoms with Crippen molar-refractivity contribution in [1.29, 1.82) is 0 Å². The number of aliphatic carboxylic acids is 1. The van der Waals surface area contributed by atoms with Crippen molar-refractivity contribution in [3.63, 3.8) is 0 Å². The predicted octanol–water partition coefficient (Wildman–Crippen LogP) is 4.42. The predicted molar refractivity (Wildman–Crippen MR) is 133 cm³/mol. The maximum atomic E-state index is 14.0. The van der Waals surface area contributed by atoms with E-state index in [2.05, 4.69) is 10.1 Å². The van der Waals surface area contributed by atoms with Crippen LogP contribution in [0.15, 0.2) is 52.7 Å². The third-order valence-electron chi connectivity index (χ3n) is 6.88. The highest BCUT2D eigenvalue weighted by atomic mass is 35.5. The van der Waals surface area contributed by atoms with Gasteiger partial charge in [0.15, 0.2) is 10.8 Å². The van der Waals surface area contributed by atoms with Gasteiger partial charge in [-0.2, -0.15) is 13.9 Å². The second kappa shape index (κ2) is 9.38. The summed E-state index contributed by atoms with van der Waals surface area (Å²) < 4.78 is 46.8. The molecule has 0 aliphatic carbocycles. The van der Waals surface area contributed by atoms with Crippen LogP contribution in [-0.2, 0) is 9.53 Å². The molecular formula is C24H18ClF3N6O4S. The number of aromatic nitrogens is 3. The first kappa shape index (κ1) is 25.4. The summed E-state index contributed by atoms with van der Waals surface area (Å²) in [7, 11) is 0. The number of ether oxygens (including phenoxy) is 1. The second-order valence-electron chi connectivity index (χ2n) is 9.20. The SMILES string of the molecule is O=C(O)CN1C(=O)OC[C@]12CC1=C(c3ccn(C(F)F)n3)[C@H](c3ccc(F)cc3Cl)N=C(c3nccs3)N1C2. The van der Waals surface area contributed by atoms with Gasteiger partial charge in [0.25, 0.3) is 0 Å². The van der Waals surface area contributed by atoms with Crippen LogP contribution >= 0.6 is 22.9 Å². The van der Waals surface area contributed by atoms with Gasteiger partial charge in [-0.3, -0.25) is 14.7 Å². The van der Waals surface area contributed by atoms with Crippen molar-refractivity contribution in [1.82, 2.24) is 24.6 Å². The number of aliphatic imine (C=N–C) groups is 1. The number of carbonyl (C=O) groups excluding carboxylic acids is 1. The summed E-state index contributed by atoms with van der Waals surface area (Å²) in [4.78, 5) is 36.5. The van der Waals surface area contributed by atoms with Crippen LogP contribution in [0.1, 0.15) is 35.3 Å². The highest BCUT2D eigenvalue weighted by molar-refractivity contribution is 7.11. The number of amides is 1. The van der Waals surface area contributed by atoms with E-state index in [1.807, 2.05) is 0 Å².